The van der Waals surface area contributed by atoms with Crippen LogP contribution < -0.4 is 16.1 Å². The van der Waals surface area contributed by atoms with E-state index in [1.807, 2.05) is 4.57 Å². The fraction of sp³-hybridized carbons (Fsp3) is 0.522. The highest BCUT2D eigenvalue weighted by Gasteiger charge is 2.23. The zero-order chi connectivity index (χ0) is 22.0. The first-order valence-corrected chi connectivity index (χ1v) is 11.1. The van der Waals surface area contributed by atoms with Crippen molar-refractivity contribution in [3.63, 3.8) is 0 Å². The zero-order valence-corrected chi connectivity index (χ0v) is 18.7. The van der Waals surface area contributed by atoms with Crippen LogP contribution in [0.1, 0.15) is 26.2 Å². The monoisotopic (exact) mass is 424 g/mol. The van der Waals surface area contributed by atoms with E-state index < -0.39 is 0 Å². The van der Waals surface area contributed by atoms with Gasteiger partial charge in [0.1, 0.15) is 0 Å². The van der Waals surface area contributed by atoms with E-state index in [0.717, 1.165) is 56.6 Å². The minimum atomic E-state index is -0.343. The molecule has 1 fully saturated rings. The number of para-hydroxylation sites is 1. The van der Waals surface area contributed by atoms with Crippen LogP contribution in [0, 0.1) is 0 Å². The third-order valence-electron chi connectivity index (χ3n) is 6.39. The van der Waals surface area contributed by atoms with Gasteiger partial charge in [-0.1, -0.05) is 24.6 Å². The zero-order valence-electron chi connectivity index (χ0n) is 18.7. The smallest absolute Gasteiger partial charge is 0.332 e. The van der Waals surface area contributed by atoms with Crippen molar-refractivity contribution in [1.82, 2.24) is 23.6 Å². The van der Waals surface area contributed by atoms with Crippen molar-refractivity contribution in [2.75, 3.05) is 31.1 Å². The van der Waals surface area contributed by atoms with Gasteiger partial charge in [-0.25, -0.2) is 9.78 Å². The summed E-state index contributed by atoms with van der Waals surface area (Å²) in [6, 6.07) is 11.2. The Bertz CT molecular complexity index is 1150. The molecule has 1 aromatic carbocycles. The molecule has 1 aliphatic rings. The summed E-state index contributed by atoms with van der Waals surface area (Å²) in [4.78, 5) is 33.9. The summed E-state index contributed by atoms with van der Waals surface area (Å²) in [5, 5.41) is 0. The molecule has 1 atom stereocenters. The Hall–Kier alpha value is -2.87. The van der Waals surface area contributed by atoms with Gasteiger partial charge in [0.2, 0.25) is 0 Å². The number of anilines is 1. The molecule has 2 aromatic heterocycles. The van der Waals surface area contributed by atoms with Crippen LogP contribution in [-0.2, 0) is 20.6 Å². The summed E-state index contributed by atoms with van der Waals surface area (Å²) in [5.74, 6) is 0. The van der Waals surface area contributed by atoms with E-state index in [1.54, 1.807) is 13.4 Å². The SMILES string of the molecule is CC1CN(CCCCCn2cnc3c2c(=O)n(C)c(=O)n3C)CCN1c1ccccc1. The van der Waals surface area contributed by atoms with Crippen molar-refractivity contribution >= 4 is 16.9 Å². The number of hydrogen-bond donors (Lipinski definition) is 0. The van der Waals surface area contributed by atoms with Crippen LogP contribution in [0.5, 0.6) is 0 Å². The van der Waals surface area contributed by atoms with E-state index in [2.05, 4.69) is 52.0 Å². The fourth-order valence-electron chi connectivity index (χ4n) is 4.60. The third-order valence-corrected chi connectivity index (χ3v) is 6.39. The van der Waals surface area contributed by atoms with E-state index in [9.17, 15) is 9.59 Å². The Labute approximate surface area is 182 Å². The highest BCUT2D eigenvalue weighted by Crippen LogP contribution is 2.20. The van der Waals surface area contributed by atoms with E-state index in [4.69, 9.17) is 0 Å². The number of hydrogen-bond acceptors (Lipinski definition) is 5. The molecule has 4 rings (SSSR count). The van der Waals surface area contributed by atoms with E-state index in [-0.39, 0.29) is 11.2 Å². The molecule has 1 saturated heterocycles. The molecule has 0 bridgehead atoms. The van der Waals surface area contributed by atoms with Gasteiger partial charge in [0.05, 0.1) is 6.33 Å². The van der Waals surface area contributed by atoms with Crippen molar-refractivity contribution in [3.8, 4) is 0 Å². The normalized spacial score (nSPS) is 17.5. The second-order valence-corrected chi connectivity index (χ2v) is 8.56. The third kappa shape index (κ3) is 4.30. The molecule has 0 aliphatic carbocycles. The van der Waals surface area contributed by atoms with Crippen LogP contribution >= 0.6 is 0 Å². The standard InChI is InChI=1S/C23H32N6O2/c1-18-16-27(14-15-29(18)19-10-6-4-7-11-19)12-8-5-9-13-28-17-24-21-20(28)22(30)26(3)23(31)25(21)2/h4,6-7,10-11,17-18H,5,8-9,12-16H2,1-3H3. The van der Waals surface area contributed by atoms with Crippen LogP contribution in [0.4, 0.5) is 5.69 Å². The molecule has 0 radical (unpaired) electrons. The number of aromatic nitrogens is 4. The molecule has 8 nitrogen and oxygen atoms in total. The number of nitrogens with zero attached hydrogens (tertiary/aromatic N) is 6. The number of imidazole rings is 1. The van der Waals surface area contributed by atoms with Crippen LogP contribution in [0.2, 0.25) is 0 Å². The lowest BCUT2D eigenvalue weighted by Crippen LogP contribution is -2.52. The number of piperazine rings is 1. The molecule has 3 heterocycles. The number of aryl methyl sites for hydroxylation is 2. The van der Waals surface area contributed by atoms with Gasteiger partial charge in [-0.05, 0) is 38.4 Å². The summed E-state index contributed by atoms with van der Waals surface area (Å²) in [6.45, 7) is 7.39. The number of rotatable bonds is 7. The second-order valence-electron chi connectivity index (χ2n) is 8.56. The fourth-order valence-corrected chi connectivity index (χ4v) is 4.60. The molecule has 1 aliphatic heterocycles. The van der Waals surface area contributed by atoms with E-state index in [1.165, 1.54) is 17.3 Å². The van der Waals surface area contributed by atoms with Gasteiger partial charge in [-0.15, -0.1) is 0 Å². The van der Waals surface area contributed by atoms with Crippen molar-refractivity contribution in [2.24, 2.45) is 14.1 Å². The Balaban J connectivity index is 1.26. The predicted octanol–water partition coefficient (Wildman–Crippen LogP) is 1.81. The van der Waals surface area contributed by atoms with Gasteiger partial charge in [0, 0.05) is 52.0 Å². The van der Waals surface area contributed by atoms with Gasteiger partial charge in [0.15, 0.2) is 11.2 Å². The lowest BCUT2D eigenvalue weighted by molar-refractivity contribution is 0.224. The van der Waals surface area contributed by atoms with Crippen LogP contribution in [0.3, 0.4) is 0 Å². The minimum absolute atomic E-state index is 0.277. The Morgan fingerprint density at radius 2 is 1.71 bits per heavy atom. The quantitative estimate of drug-likeness (QED) is 0.541. The van der Waals surface area contributed by atoms with Gasteiger partial charge in [0.25, 0.3) is 5.56 Å². The molecular formula is C23H32N6O2. The van der Waals surface area contributed by atoms with Gasteiger partial charge >= 0.3 is 5.69 Å². The summed E-state index contributed by atoms with van der Waals surface area (Å²) in [5.41, 5.74) is 1.66. The second kappa shape index (κ2) is 9.09. The van der Waals surface area contributed by atoms with Gasteiger partial charge in [-0.2, -0.15) is 0 Å². The van der Waals surface area contributed by atoms with Crippen LogP contribution in [0.25, 0.3) is 11.2 Å². The Kier molecular flexibility index (Phi) is 6.27. The molecule has 31 heavy (non-hydrogen) atoms. The minimum Gasteiger partial charge on any atom is -0.366 e. The van der Waals surface area contributed by atoms with Crippen molar-refractivity contribution in [1.29, 1.82) is 0 Å². The maximum Gasteiger partial charge on any atom is 0.332 e. The van der Waals surface area contributed by atoms with Crippen molar-refractivity contribution in [3.05, 3.63) is 57.5 Å². The number of fused-ring (bicyclic) bond motifs is 1. The maximum absolute atomic E-state index is 12.5. The molecule has 3 aromatic rings. The summed E-state index contributed by atoms with van der Waals surface area (Å²) >= 11 is 0. The topological polar surface area (TPSA) is 68.3 Å². The predicted molar refractivity (Wildman–Crippen MR) is 124 cm³/mol. The van der Waals surface area contributed by atoms with Crippen molar-refractivity contribution < 1.29 is 0 Å². The van der Waals surface area contributed by atoms with Crippen LogP contribution in [0.15, 0.2) is 46.2 Å². The molecule has 1 unspecified atom stereocenters. The molecular weight excluding hydrogens is 392 g/mol. The maximum atomic E-state index is 12.5. The number of unbranched alkanes of at least 4 members (excludes halogenated alkanes) is 2. The lowest BCUT2D eigenvalue weighted by atomic mass is 10.1. The van der Waals surface area contributed by atoms with E-state index >= 15 is 0 Å². The molecule has 0 N–H and O–H groups in total. The van der Waals surface area contributed by atoms with Gasteiger partial charge in [-0.3, -0.25) is 18.8 Å². The Morgan fingerprint density at radius 3 is 2.45 bits per heavy atom. The summed E-state index contributed by atoms with van der Waals surface area (Å²) in [7, 11) is 3.17. The largest absolute Gasteiger partial charge is 0.366 e. The highest BCUT2D eigenvalue weighted by atomic mass is 16.2. The molecule has 8 heteroatoms. The molecule has 166 valence electrons. The lowest BCUT2D eigenvalue weighted by Gasteiger charge is -2.41. The first-order chi connectivity index (χ1) is 15.0. The summed E-state index contributed by atoms with van der Waals surface area (Å²) < 4.78 is 4.47. The number of benzene rings is 1. The molecule has 0 saturated carbocycles. The average Bonchev–Trinajstić information content (AvgIpc) is 3.21. The summed E-state index contributed by atoms with van der Waals surface area (Å²) in [6.07, 6.45) is 4.90. The molecule has 0 spiro atoms. The van der Waals surface area contributed by atoms with Crippen LogP contribution in [-0.4, -0.2) is 55.8 Å². The first-order valence-electron chi connectivity index (χ1n) is 11.1. The van der Waals surface area contributed by atoms with Gasteiger partial charge < -0.3 is 9.47 Å². The highest BCUT2D eigenvalue weighted by molar-refractivity contribution is 5.69. The van der Waals surface area contributed by atoms with E-state index in [0.29, 0.717) is 17.2 Å². The molecule has 0 amide bonds. The van der Waals surface area contributed by atoms with Crippen molar-refractivity contribution in [2.45, 2.75) is 38.8 Å². The average molecular weight is 425 g/mol. The first kappa shape index (κ1) is 21.4. The Morgan fingerprint density at radius 1 is 0.968 bits per heavy atom.